The van der Waals surface area contributed by atoms with E-state index in [1.165, 1.54) is 6.21 Å². The minimum Gasteiger partial charge on any atom is -0.445 e. The number of ether oxygens (including phenoxy) is 1. The molecule has 2 N–H and O–H groups in total. The summed E-state index contributed by atoms with van der Waals surface area (Å²) in [5.41, 5.74) is 1.93. The molecule has 0 spiro atoms. The van der Waals surface area contributed by atoms with Gasteiger partial charge in [0.25, 0.3) is 0 Å². The van der Waals surface area contributed by atoms with Gasteiger partial charge in [-0.3, -0.25) is 0 Å². The Morgan fingerprint density at radius 3 is 2.27 bits per heavy atom. The average Bonchev–Trinajstić information content (AvgIpc) is 2.55. The third kappa shape index (κ3) is 5.28. The van der Waals surface area contributed by atoms with Crippen molar-refractivity contribution >= 4 is 12.3 Å². The molecule has 0 aromatic heterocycles. The molecule has 0 aliphatic rings. The minimum absolute atomic E-state index is 0.195. The van der Waals surface area contributed by atoms with Crippen LogP contribution in [-0.2, 0) is 17.8 Å². The SMILES string of the molecule is O=C(N[C@H](/C=N/O)Cc1ccccc1)OCc1ccccc1. The van der Waals surface area contributed by atoms with Crippen LogP contribution in [0.2, 0.25) is 0 Å². The van der Waals surface area contributed by atoms with E-state index in [4.69, 9.17) is 9.94 Å². The summed E-state index contributed by atoms with van der Waals surface area (Å²) in [6, 6.07) is 18.6. The molecule has 0 aliphatic heterocycles. The van der Waals surface area contributed by atoms with Crippen molar-refractivity contribution in [1.82, 2.24) is 5.32 Å². The number of nitrogens with one attached hydrogen (secondary N) is 1. The molecule has 1 atom stereocenters. The number of oxime groups is 1. The van der Waals surface area contributed by atoms with Gasteiger partial charge >= 0.3 is 6.09 Å². The average molecular weight is 298 g/mol. The van der Waals surface area contributed by atoms with Gasteiger partial charge in [-0.2, -0.15) is 0 Å². The summed E-state index contributed by atoms with van der Waals surface area (Å²) >= 11 is 0. The molecule has 0 aliphatic carbocycles. The minimum atomic E-state index is -0.551. The van der Waals surface area contributed by atoms with Crippen LogP contribution in [0.25, 0.3) is 0 Å². The summed E-state index contributed by atoms with van der Waals surface area (Å²) in [4.78, 5) is 11.8. The maximum Gasteiger partial charge on any atom is 0.407 e. The number of hydrogen-bond acceptors (Lipinski definition) is 4. The van der Waals surface area contributed by atoms with E-state index in [-0.39, 0.29) is 6.61 Å². The summed E-state index contributed by atoms with van der Waals surface area (Å²) in [6.07, 6.45) is 1.24. The first-order valence-electron chi connectivity index (χ1n) is 6.96. The number of hydrogen-bond donors (Lipinski definition) is 2. The Bertz CT molecular complexity index is 600. The van der Waals surface area contributed by atoms with E-state index in [1.54, 1.807) is 0 Å². The second kappa shape index (κ2) is 8.46. The number of alkyl carbamates (subject to hydrolysis) is 1. The fourth-order valence-electron chi connectivity index (χ4n) is 2.01. The molecule has 114 valence electrons. The van der Waals surface area contributed by atoms with Gasteiger partial charge in [-0.1, -0.05) is 65.8 Å². The van der Waals surface area contributed by atoms with Crippen LogP contribution >= 0.6 is 0 Å². The molecule has 5 nitrogen and oxygen atoms in total. The van der Waals surface area contributed by atoms with E-state index < -0.39 is 12.1 Å². The molecule has 2 aromatic carbocycles. The fourth-order valence-corrected chi connectivity index (χ4v) is 2.01. The summed E-state index contributed by atoms with van der Waals surface area (Å²) in [5.74, 6) is 0. The first kappa shape index (κ1) is 15.6. The largest absolute Gasteiger partial charge is 0.445 e. The first-order chi connectivity index (χ1) is 10.8. The van der Waals surface area contributed by atoms with Crippen LogP contribution in [0.3, 0.4) is 0 Å². The number of nitrogens with zero attached hydrogens (tertiary/aromatic N) is 1. The fraction of sp³-hybridized carbons (Fsp3) is 0.176. The van der Waals surface area contributed by atoms with Gasteiger partial charge in [-0.05, 0) is 17.5 Å². The van der Waals surface area contributed by atoms with Crippen molar-refractivity contribution < 1.29 is 14.7 Å². The summed E-state index contributed by atoms with van der Waals surface area (Å²) in [7, 11) is 0. The Kier molecular flexibility index (Phi) is 5.99. The van der Waals surface area contributed by atoms with E-state index in [9.17, 15) is 4.79 Å². The zero-order chi connectivity index (χ0) is 15.6. The number of rotatable bonds is 6. The zero-order valence-electron chi connectivity index (χ0n) is 12.1. The van der Waals surface area contributed by atoms with Crippen molar-refractivity contribution in [2.24, 2.45) is 5.16 Å². The zero-order valence-corrected chi connectivity index (χ0v) is 12.1. The predicted molar refractivity (Wildman–Crippen MR) is 84.0 cm³/mol. The number of amides is 1. The van der Waals surface area contributed by atoms with Crippen molar-refractivity contribution in [3.05, 3.63) is 71.8 Å². The van der Waals surface area contributed by atoms with Gasteiger partial charge in [0.2, 0.25) is 0 Å². The first-order valence-corrected chi connectivity index (χ1v) is 6.96. The lowest BCUT2D eigenvalue weighted by Crippen LogP contribution is -2.38. The molecule has 0 bridgehead atoms. The summed E-state index contributed by atoms with van der Waals surface area (Å²) < 4.78 is 5.15. The van der Waals surface area contributed by atoms with Gasteiger partial charge in [0, 0.05) is 0 Å². The Labute approximate surface area is 129 Å². The normalized spacial score (nSPS) is 12.0. The van der Waals surface area contributed by atoms with Crippen molar-refractivity contribution in [3.63, 3.8) is 0 Å². The molecule has 0 fully saturated rings. The lowest BCUT2D eigenvalue weighted by Gasteiger charge is -2.14. The Morgan fingerprint density at radius 2 is 1.68 bits per heavy atom. The Balaban J connectivity index is 1.86. The molecule has 0 saturated carbocycles. The smallest absolute Gasteiger partial charge is 0.407 e. The van der Waals surface area contributed by atoms with Gasteiger partial charge in [0.05, 0.1) is 12.3 Å². The summed E-state index contributed by atoms with van der Waals surface area (Å²) in [6.45, 7) is 0.195. The van der Waals surface area contributed by atoms with E-state index >= 15 is 0 Å². The predicted octanol–water partition coefficient (Wildman–Crippen LogP) is 2.98. The Hall–Kier alpha value is -2.82. The van der Waals surface area contributed by atoms with Crippen molar-refractivity contribution in [2.75, 3.05) is 0 Å². The lowest BCUT2D eigenvalue weighted by atomic mass is 10.1. The standard InChI is InChI=1S/C17H18N2O3/c20-17(22-13-15-9-5-2-6-10-15)19-16(12-18-21)11-14-7-3-1-4-8-14/h1-10,12,16,21H,11,13H2,(H,19,20)/b18-12+/t16-/m0/s1. The molecule has 0 saturated heterocycles. The highest BCUT2D eigenvalue weighted by atomic mass is 16.5. The molecule has 2 rings (SSSR count). The maximum absolute atomic E-state index is 11.8. The van der Waals surface area contributed by atoms with Crippen molar-refractivity contribution in [2.45, 2.75) is 19.1 Å². The molecule has 0 heterocycles. The second-order valence-corrected chi connectivity index (χ2v) is 4.77. The van der Waals surface area contributed by atoms with Gasteiger partial charge in [-0.15, -0.1) is 0 Å². The molecule has 1 amide bonds. The molecule has 5 heteroatoms. The third-order valence-electron chi connectivity index (χ3n) is 3.06. The maximum atomic E-state index is 11.8. The lowest BCUT2D eigenvalue weighted by molar-refractivity contribution is 0.138. The number of carbonyl (C=O) groups excluding carboxylic acids is 1. The van der Waals surface area contributed by atoms with Crippen LogP contribution in [0.4, 0.5) is 4.79 Å². The van der Waals surface area contributed by atoms with Crippen molar-refractivity contribution in [3.8, 4) is 0 Å². The molecular formula is C17H18N2O3. The van der Waals surface area contributed by atoms with E-state index in [0.29, 0.717) is 6.42 Å². The molecule has 0 unspecified atom stereocenters. The molecule has 22 heavy (non-hydrogen) atoms. The highest BCUT2D eigenvalue weighted by molar-refractivity contribution is 5.75. The van der Waals surface area contributed by atoms with Gasteiger partial charge < -0.3 is 15.3 Å². The van der Waals surface area contributed by atoms with Crippen LogP contribution in [0.15, 0.2) is 65.8 Å². The van der Waals surface area contributed by atoms with Crippen molar-refractivity contribution in [1.29, 1.82) is 0 Å². The van der Waals surface area contributed by atoms with E-state index in [0.717, 1.165) is 11.1 Å². The monoisotopic (exact) mass is 298 g/mol. The molecular weight excluding hydrogens is 280 g/mol. The third-order valence-corrected chi connectivity index (χ3v) is 3.06. The number of benzene rings is 2. The second-order valence-electron chi connectivity index (χ2n) is 4.77. The highest BCUT2D eigenvalue weighted by Crippen LogP contribution is 2.04. The van der Waals surface area contributed by atoms with Crippen LogP contribution in [-0.4, -0.2) is 23.6 Å². The quantitative estimate of drug-likeness (QED) is 0.489. The highest BCUT2D eigenvalue weighted by Gasteiger charge is 2.12. The van der Waals surface area contributed by atoms with Crippen LogP contribution < -0.4 is 5.32 Å². The van der Waals surface area contributed by atoms with E-state index in [2.05, 4.69) is 10.5 Å². The van der Waals surface area contributed by atoms with Gasteiger partial charge in [-0.25, -0.2) is 4.79 Å². The molecule has 0 radical (unpaired) electrons. The van der Waals surface area contributed by atoms with Crippen LogP contribution in [0.5, 0.6) is 0 Å². The Morgan fingerprint density at radius 1 is 1.09 bits per heavy atom. The van der Waals surface area contributed by atoms with Gasteiger partial charge in [0.15, 0.2) is 0 Å². The van der Waals surface area contributed by atoms with Crippen LogP contribution in [0.1, 0.15) is 11.1 Å². The molecule has 2 aromatic rings. The van der Waals surface area contributed by atoms with Gasteiger partial charge in [0.1, 0.15) is 6.61 Å². The topological polar surface area (TPSA) is 70.9 Å². The number of carbonyl (C=O) groups is 1. The summed E-state index contributed by atoms with van der Waals surface area (Å²) in [5, 5.41) is 14.4. The van der Waals surface area contributed by atoms with E-state index in [1.807, 2.05) is 60.7 Å². The van der Waals surface area contributed by atoms with Crippen LogP contribution in [0, 0.1) is 0 Å².